The van der Waals surface area contributed by atoms with Gasteiger partial charge in [-0.15, -0.1) is 0 Å². The van der Waals surface area contributed by atoms with E-state index in [4.69, 9.17) is 9.15 Å². The number of aryl methyl sites for hydroxylation is 1. The van der Waals surface area contributed by atoms with E-state index in [0.717, 1.165) is 24.4 Å². The number of likely N-dealkylation sites (tertiary alicyclic amines) is 1. The number of imidazole rings is 1. The largest absolute Gasteiger partial charge is 0.459 e. The Kier molecular flexibility index (Phi) is 4.09. The Labute approximate surface area is 163 Å². The fourth-order valence-electron chi connectivity index (χ4n) is 4.40. The molecule has 0 unspecified atom stereocenters. The van der Waals surface area contributed by atoms with E-state index in [1.54, 1.807) is 18.4 Å². The number of ether oxygens (including phenoxy) is 1. The van der Waals surface area contributed by atoms with Crippen LogP contribution in [0.2, 0.25) is 0 Å². The first-order valence-corrected chi connectivity index (χ1v) is 9.71. The summed E-state index contributed by atoms with van der Waals surface area (Å²) in [5.41, 5.74) is 3.37. The molecular weight excluding hydrogens is 354 g/mol. The molecule has 0 aliphatic carbocycles. The first-order valence-electron chi connectivity index (χ1n) is 9.71. The highest BCUT2D eigenvalue weighted by atomic mass is 16.5. The maximum atomic E-state index is 12.6. The van der Waals surface area contributed by atoms with Crippen molar-refractivity contribution in [1.82, 2.24) is 14.5 Å². The summed E-state index contributed by atoms with van der Waals surface area (Å²) in [4.78, 5) is 19.1. The molecule has 1 amide bonds. The normalized spacial score (nSPS) is 18.2. The smallest absolute Gasteiger partial charge is 0.289 e. The molecule has 0 radical (unpaired) electrons. The van der Waals surface area contributed by atoms with Crippen molar-refractivity contribution in [1.29, 1.82) is 0 Å². The first kappa shape index (κ1) is 17.3. The van der Waals surface area contributed by atoms with Crippen LogP contribution in [0.3, 0.4) is 0 Å². The number of fused-ring (bicyclic) bond motifs is 2. The molecule has 1 aromatic carbocycles. The number of rotatable bonds is 2. The molecule has 1 saturated heterocycles. The van der Waals surface area contributed by atoms with Crippen molar-refractivity contribution in [3.8, 4) is 11.3 Å². The van der Waals surface area contributed by atoms with Crippen molar-refractivity contribution >= 4 is 5.91 Å². The van der Waals surface area contributed by atoms with E-state index >= 15 is 0 Å². The third-order valence-corrected chi connectivity index (χ3v) is 5.97. The molecule has 0 N–H and O–H groups in total. The number of benzene rings is 1. The Balaban J connectivity index is 1.45. The lowest BCUT2D eigenvalue weighted by atomic mass is 9.86. The number of carbonyl (C=O) groups is 1. The first-order chi connectivity index (χ1) is 13.7. The van der Waals surface area contributed by atoms with Gasteiger partial charge in [0.05, 0.1) is 30.3 Å². The number of piperidine rings is 1. The third kappa shape index (κ3) is 2.76. The Hall–Kier alpha value is -2.86. The van der Waals surface area contributed by atoms with Crippen LogP contribution in [-0.4, -0.2) is 40.1 Å². The van der Waals surface area contributed by atoms with Crippen LogP contribution in [0.25, 0.3) is 11.3 Å². The van der Waals surface area contributed by atoms with Crippen LogP contribution in [0.4, 0.5) is 0 Å². The minimum atomic E-state index is -0.162. The molecule has 2 aromatic heterocycles. The number of hydrogen-bond donors (Lipinski definition) is 0. The van der Waals surface area contributed by atoms with Gasteiger partial charge in [-0.1, -0.05) is 29.8 Å². The van der Waals surface area contributed by atoms with Crippen LogP contribution in [0.5, 0.6) is 0 Å². The van der Waals surface area contributed by atoms with Gasteiger partial charge in [0.25, 0.3) is 5.91 Å². The highest BCUT2D eigenvalue weighted by molar-refractivity contribution is 5.91. The van der Waals surface area contributed by atoms with Crippen molar-refractivity contribution in [2.24, 2.45) is 0 Å². The lowest BCUT2D eigenvalue weighted by Gasteiger charge is -2.45. The van der Waals surface area contributed by atoms with E-state index < -0.39 is 0 Å². The Bertz CT molecular complexity index is 981. The van der Waals surface area contributed by atoms with Gasteiger partial charge < -0.3 is 18.6 Å². The highest BCUT2D eigenvalue weighted by Gasteiger charge is 2.43. The summed E-state index contributed by atoms with van der Waals surface area (Å²) in [7, 11) is 0. The van der Waals surface area contributed by atoms with Gasteiger partial charge in [0.1, 0.15) is 12.4 Å². The van der Waals surface area contributed by atoms with Crippen LogP contribution in [-0.2, 0) is 16.9 Å². The quantitative estimate of drug-likeness (QED) is 0.684. The van der Waals surface area contributed by atoms with Crippen LogP contribution in [0.1, 0.15) is 34.8 Å². The minimum Gasteiger partial charge on any atom is -0.459 e. The molecule has 144 valence electrons. The predicted octanol–water partition coefficient (Wildman–Crippen LogP) is 3.61. The molecule has 1 spiro atoms. The monoisotopic (exact) mass is 377 g/mol. The fourth-order valence-corrected chi connectivity index (χ4v) is 4.40. The van der Waals surface area contributed by atoms with Gasteiger partial charge >= 0.3 is 0 Å². The Morgan fingerprint density at radius 1 is 1.14 bits per heavy atom. The molecule has 5 rings (SSSR count). The third-order valence-electron chi connectivity index (χ3n) is 5.97. The topological polar surface area (TPSA) is 60.5 Å². The highest BCUT2D eigenvalue weighted by Crippen LogP contribution is 2.39. The van der Waals surface area contributed by atoms with Crippen molar-refractivity contribution in [3.05, 3.63) is 66.0 Å². The molecule has 2 aliphatic rings. The van der Waals surface area contributed by atoms with Gasteiger partial charge in [-0.25, -0.2) is 4.98 Å². The van der Waals surface area contributed by atoms with E-state index in [1.165, 1.54) is 11.1 Å². The zero-order valence-electron chi connectivity index (χ0n) is 15.9. The van der Waals surface area contributed by atoms with Crippen LogP contribution in [0, 0.1) is 6.92 Å². The van der Waals surface area contributed by atoms with Crippen LogP contribution in [0.15, 0.2) is 53.3 Å². The van der Waals surface area contributed by atoms with E-state index in [9.17, 15) is 4.79 Å². The molecule has 2 aliphatic heterocycles. The van der Waals surface area contributed by atoms with E-state index in [1.807, 2.05) is 11.1 Å². The average molecular weight is 377 g/mol. The molecule has 3 aromatic rings. The second-order valence-corrected chi connectivity index (χ2v) is 7.75. The second kappa shape index (κ2) is 6.63. The van der Waals surface area contributed by atoms with E-state index in [2.05, 4.69) is 40.7 Å². The summed E-state index contributed by atoms with van der Waals surface area (Å²) in [6.45, 7) is 4.62. The Morgan fingerprint density at radius 3 is 2.64 bits per heavy atom. The van der Waals surface area contributed by atoms with Gasteiger partial charge in [0, 0.05) is 13.1 Å². The summed E-state index contributed by atoms with van der Waals surface area (Å²) in [5, 5.41) is 0. The average Bonchev–Trinajstić information content (AvgIpc) is 3.40. The Morgan fingerprint density at radius 2 is 1.93 bits per heavy atom. The number of furan rings is 1. The molecule has 0 atom stereocenters. The zero-order valence-corrected chi connectivity index (χ0v) is 15.9. The fraction of sp³-hybridized carbons (Fsp3) is 0.364. The summed E-state index contributed by atoms with van der Waals surface area (Å²) >= 11 is 0. The van der Waals surface area contributed by atoms with Crippen LogP contribution < -0.4 is 0 Å². The van der Waals surface area contributed by atoms with Crippen molar-refractivity contribution < 1.29 is 13.9 Å². The number of aromatic nitrogens is 2. The molecule has 4 heterocycles. The van der Waals surface area contributed by atoms with E-state index in [-0.39, 0.29) is 11.4 Å². The summed E-state index contributed by atoms with van der Waals surface area (Å²) in [6, 6.07) is 12.0. The summed E-state index contributed by atoms with van der Waals surface area (Å²) < 4.78 is 13.6. The lowest BCUT2D eigenvalue weighted by Crippen LogP contribution is -2.52. The number of nitrogens with zero attached hydrogens (tertiary/aromatic N) is 3. The molecule has 28 heavy (non-hydrogen) atoms. The standard InChI is InChI=1S/C22H23N3O3/c1-16-4-6-17(7-5-16)18-13-23-20-14-27-15-22(25(18)20)8-10-24(11-9-22)21(26)19-3-2-12-28-19/h2-7,12-13H,8-11,14-15H2,1H3. The SMILES string of the molecule is Cc1ccc(-c2cnc3n2C2(CCN(C(=O)c4ccco4)CC2)COC3)cc1. The maximum Gasteiger partial charge on any atom is 0.289 e. The molecular formula is C22H23N3O3. The molecule has 0 saturated carbocycles. The van der Waals surface area contributed by atoms with Gasteiger partial charge in [0.2, 0.25) is 0 Å². The molecule has 0 bridgehead atoms. The number of carbonyl (C=O) groups excluding carboxylic acids is 1. The summed E-state index contributed by atoms with van der Waals surface area (Å²) in [5.74, 6) is 1.33. The number of amides is 1. The van der Waals surface area contributed by atoms with Gasteiger partial charge in [0.15, 0.2) is 5.76 Å². The zero-order chi connectivity index (χ0) is 19.1. The molecule has 1 fully saturated rings. The van der Waals surface area contributed by atoms with E-state index in [0.29, 0.717) is 32.1 Å². The second-order valence-electron chi connectivity index (χ2n) is 7.75. The van der Waals surface area contributed by atoms with Crippen molar-refractivity contribution in [3.63, 3.8) is 0 Å². The molecule has 6 heteroatoms. The maximum absolute atomic E-state index is 12.6. The summed E-state index contributed by atoms with van der Waals surface area (Å²) in [6.07, 6.45) is 5.17. The van der Waals surface area contributed by atoms with Gasteiger partial charge in [-0.2, -0.15) is 0 Å². The number of hydrogen-bond acceptors (Lipinski definition) is 4. The minimum absolute atomic E-state index is 0.0406. The molecule has 6 nitrogen and oxygen atoms in total. The lowest BCUT2D eigenvalue weighted by molar-refractivity contribution is -0.0278. The predicted molar refractivity (Wildman–Crippen MR) is 104 cm³/mol. The van der Waals surface area contributed by atoms with Gasteiger partial charge in [-0.3, -0.25) is 4.79 Å². The van der Waals surface area contributed by atoms with Crippen molar-refractivity contribution in [2.45, 2.75) is 31.9 Å². The van der Waals surface area contributed by atoms with Crippen molar-refractivity contribution in [2.75, 3.05) is 19.7 Å². The van der Waals surface area contributed by atoms with Gasteiger partial charge in [-0.05, 0) is 37.5 Å². The van der Waals surface area contributed by atoms with Crippen LogP contribution >= 0.6 is 0 Å².